The minimum atomic E-state index is -0.499. The van der Waals surface area contributed by atoms with Crippen molar-refractivity contribution in [3.8, 4) is 17.1 Å². The Morgan fingerprint density at radius 3 is 2.48 bits per heavy atom. The van der Waals surface area contributed by atoms with Gasteiger partial charge in [-0.2, -0.15) is 4.98 Å². The normalized spacial score (nSPS) is 10.4. The molecule has 0 aliphatic carbocycles. The van der Waals surface area contributed by atoms with Gasteiger partial charge in [-0.1, -0.05) is 53.2 Å². The largest absolute Gasteiger partial charge is 0.484 e. The van der Waals surface area contributed by atoms with Gasteiger partial charge in [0.2, 0.25) is 5.82 Å². The van der Waals surface area contributed by atoms with E-state index < -0.39 is 5.91 Å². The number of carbonyl (C=O) groups excluding carboxylic acids is 2. The van der Waals surface area contributed by atoms with Gasteiger partial charge in [0.1, 0.15) is 5.75 Å². The summed E-state index contributed by atoms with van der Waals surface area (Å²) in [5.41, 5.74) is 2.83. The highest BCUT2D eigenvalue weighted by Gasteiger charge is 2.15. The summed E-state index contributed by atoms with van der Waals surface area (Å²) in [6.07, 6.45) is 0. The van der Waals surface area contributed by atoms with Crippen LogP contribution in [0.1, 0.15) is 21.8 Å². The van der Waals surface area contributed by atoms with Crippen LogP contribution in [0.15, 0.2) is 53.1 Å². The van der Waals surface area contributed by atoms with E-state index in [-0.39, 0.29) is 31.5 Å². The summed E-state index contributed by atoms with van der Waals surface area (Å²) >= 11 is 0. The first-order chi connectivity index (χ1) is 14.0. The standard InChI is InChI=1S/C21H22N4O4/c1-14-7-9-16(10-8-14)19-24-21(29-25-19)20(27)23-12-11-22-18(26)13-28-17-6-4-3-5-15(17)2/h3-10H,11-13H2,1-2H3,(H,22,26)(H,23,27). The Labute approximate surface area is 168 Å². The zero-order valence-electron chi connectivity index (χ0n) is 16.3. The number of benzene rings is 2. The fraction of sp³-hybridized carbons (Fsp3) is 0.238. The van der Waals surface area contributed by atoms with E-state index in [0.717, 1.165) is 16.7 Å². The number of nitrogens with zero attached hydrogens (tertiary/aromatic N) is 2. The predicted octanol–water partition coefficient (Wildman–Crippen LogP) is 2.28. The summed E-state index contributed by atoms with van der Waals surface area (Å²) in [4.78, 5) is 28.0. The molecule has 0 saturated carbocycles. The Balaban J connectivity index is 1.39. The third kappa shape index (κ3) is 5.65. The topological polar surface area (TPSA) is 106 Å². The van der Waals surface area contributed by atoms with Crippen LogP contribution in [-0.4, -0.2) is 41.7 Å². The Kier molecular flexibility index (Phi) is 6.57. The number of nitrogens with one attached hydrogen (secondary N) is 2. The second kappa shape index (κ2) is 9.50. The van der Waals surface area contributed by atoms with Gasteiger partial charge in [0.25, 0.3) is 5.91 Å². The molecule has 0 radical (unpaired) electrons. The fourth-order valence-electron chi connectivity index (χ4n) is 2.50. The van der Waals surface area contributed by atoms with Crippen molar-refractivity contribution >= 4 is 11.8 Å². The van der Waals surface area contributed by atoms with E-state index in [9.17, 15) is 9.59 Å². The third-order valence-corrected chi connectivity index (χ3v) is 4.12. The lowest BCUT2D eigenvalue weighted by Crippen LogP contribution is -2.36. The van der Waals surface area contributed by atoms with Gasteiger partial charge >= 0.3 is 11.8 Å². The van der Waals surface area contributed by atoms with Gasteiger partial charge in [-0.25, -0.2) is 0 Å². The van der Waals surface area contributed by atoms with Gasteiger partial charge in [0, 0.05) is 18.7 Å². The molecule has 0 fully saturated rings. The van der Waals surface area contributed by atoms with Gasteiger partial charge in [-0.15, -0.1) is 0 Å². The molecule has 1 heterocycles. The van der Waals surface area contributed by atoms with Crippen molar-refractivity contribution < 1.29 is 18.8 Å². The number of ether oxygens (including phenoxy) is 1. The van der Waals surface area contributed by atoms with E-state index in [0.29, 0.717) is 11.6 Å². The Morgan fingerprint density at radius 2 is 1.72 bits per heavy atom. The van der Waals surface area contributed by atoms with Crippen LogP contribution >= 0.6 is 0 Å². The van der Waals surface area contributed by atoms with Crippen molar-refractivity contribution in [2.45, 2.75) is 13.8 Å². The number of hydrogen-bond acceptors (Lipinski definition) is 6. The highest BCUT2D eigenvalue weighted by atomic mass is 16.5. The molecule has 0 unspecified atom stereocenters. The second-order valence-corrected chi connectivity index (χ2v) is 6.45. The number of carbonyl (C=O) groups is 2. The van der Waals surface area contributed by atoms with Crippen molar-refractivity contribution in [2.75, 3.05) is 19.7 Å². The van der Waals surface area contributed by atoms with Crippen molar-refractivity contribution in [2.24, 2.45) is 0 Å². The molecule has 8 heteroatoms. The van der Waals surface area contributed by atoms with E-state index in [4.69, 9.17) is 9.26 Å². The van der Waals surface area contributed by atoms with Crippen LogP contribution in [0.2, 0.25) is 0 Å². The van der Waals surface area contributed by atoms with Crippen LogP contribution in [-0.2, 0) is 4.79 Å². The number of amides is 2. The van der Waals surface area contributed by atoms with Gasteiger partial charge in [-0.05, 0) is 25.5 Å². The van der Waals surface area contributed by atoms with Crippen LogP contribution in [0.3, 0.4) is 0 Å². The van der Waals surface area contributed by atoms with Crippen molar-refractivity contribution in [3.63, 3.8) is 0 Å². The molecule has 3 aromatic rings. The number of hydrogen-bond donors (Lipinski definition) is 2. The average Bonchev–Trinajstić information content (AvgIpc) is 3.21. The summed E-state index contributed by atoms with van der Waals surface area (Å²) < 4.78 is 10.5. The highest BCUT2D eigenvalue weighted by Crippen LogP contribution is 2.16. The smallest absolute Gasteiger partial charge is 0.316 e. The second-order valence-electron chi connectivity index (χ2n) is 6.45. The summed E-state index contributed by atoms with van der Waals surface area (Å²) in [7, 11) is 0. The summed E-state index contributed by atoms with van der Waals surface area (Å²) in [5, 5.41) is 9.11. The maximum atomic E-state index is 12.1. The Morgan fingerprint density at radius 1 is 1.00 bits per heavy atom. The lowest BCUT2D eigenvalue weighted by molar-refractivity contribution is -0.123. The molecule has 3 rings (SSSR count). The van der Waals surface area contributed by atoms with Crippen LogP contribution in [0.5, 0.6) is 5.75 Å². The molecule has 0 saturated heterocycles. The van der Waals surface area contributed by atoms with Crippen LogP contribution in [0, 0.1) is 13.8 Å². The molecule has 0 spiro atoms. The molecule has 29 heavy (non-hydrogen) atoms. The predicted molar refractivity (Wildman–Crippen MR) is 106 cm³/mol. The van der Waals surface area contributed by atoms with Gasteiger partial charge in [-0.3, -0.25) is 9.59 Å². The van der Waals surface area contributed by atoms with Crippen molar-refractivity contribution in [1.82, 2.24) is 20.8 Å². The Hall–Kier alpha value is -3.68. The lowest BCUT2D eigenvalue weighted by atomic mass is 10.1. The molecule has 2 aromatic carbocycles. The van der Waals surface area contributed by atoms with E-state index in [1.165, 1.54) is 0 Å². The first kappa shape index (κ1) is 20.1. The van der Waals surface area contributed by atoms with Gasteiger partial charge < -0.3 is 19.9 Å². The maximum Gasteiger partial charge on any atom is 0.316 e. The fourth-order valence-corrected chi connectivity index (χ4v) is 2.50. The minimum Gasteiger partial charge on any atom is -0.484 e. The van der Waals surface area contributed by atoms with Gasteiger partial charge in [0.05, 0.1) is 0 Å². The number of aryl methyl sites for hydroxylation is 2. The van der Waals surface area contributed by atoms with Gasteiger partial charge in [0.15, 0.2) is 6.61 Å². The highest BCUT2D eigenvalue weighted by molar-refractivity contribution is 5.89. The molecule has 8 nitrogen and oxygen atoms in total. The monoisotopic (exact) mass is 394 g/mol. The maximum absolute atomic E-state index is 12.1. The summed E-state index contributed by atoms with van der Waals surface area (Å²) in [6, 6.07) is 15.0. The molecular formula is C21H22N4O4. The molecule has 150 valence electrons. The van der Waals surface area contributed by atoms with E-state index in [1.807, 2.05) is 56.3 Å². The summed E-state index contributed by atoms with van der Waals surface area (Å²) in [6.45, 7) is 4.26. The Bertz CT molecular complexity index is 982. The third-order valence-electron chi connectivity index (χ3n) is 4.12. The van der Waals surface area contributed by atoms with E-state index >= 15 is 0 Å². The number of aromatic nitrogens is 2. The zero-order chi connectivity index (χ0) is 20.6. The quantitative estimate of drug-likeness (QED) is 0.568. The van der Waals surface area contributed by atoms with Crippen LogP contribution < -0.4 is 15.4 Å². The molecular weight excluding hydrogens is 372 g/mol. The lowest BCUT2D eigenvalue weighted by Gasteiger charge is -2.09. The first-order valence-electron chi connectivity index (χ1n) is 9.17. The SMILES string of the molecule is Cc1ccc(-c2noc(C(=O)NCCNC(=O)COc3ccccc3C)n2)cc1. The molecule has 2 amide bonds. The van der Waals surface area contributed by atoms with Crippen LogP contribution in [0.25, 0.3) is 11.4 Å². The molecule has 0 aliphatic rings. The molecule has 0 bridgehead atoms. The molecule has 0 atom stereocenters. The van der Waals surface area contributed by atoms with E-state index in [2.05, 4.69) is 20.8 Å². The number of para-hydroxylation sites is 1. The van der Waals surface area contributed by atoms with E-state index in [1.54, 1.807) is 6.07 Å². The average molecular weight is 394 g/mol. The van der Waals surface area contributed by atoms with Crippen molar-refractivity contribution in [1.29, 1.82) is 0 Å². The first-order valence-corrected chi connectivity index (χ1v) is 9.17. The summed E-state index contributed by atoms with van der Waals surface area (Å²) in [5.74, 6) is 0.103. The molecule has 2 N–H and O–H groups in total. The van der Waals surface area contributed by atoms with Crippen molar-refractivity contribution in [3.05, 3.63) is 65.5 Å². The minimum absolute atomic E-state index is 0.0949. The zero-order valence-corrected chi connectivity index (χ0v) is 16.3. The molecule has 0 aliphatic heterocycles. The molecule has 1 aromatic heterocycles. The number of rotatable bonds is 8. The van der Waals surface area contributed by atoms with Crippen LogP contribution in [0.4, 0.5) is 0 Å².